The Morgan fingerprint density at radius 1 is 1.19 bits per heavy atom. The first kappa shape index (κ1) is 13.2. The number of nitrogens with one attached hydrogen (secondary N) is 1. The van der Waals surface area contributed by atoms with Crippen LogP contribution in [0.1, 0.15) is 32.8 Å². The summed E-state index contributed by atoms with van der Waals surface area (Å²) in [6.07, 6.45) is 2.17. The minimum atomic E-state index is -0.155. The van der Waals surface area contributed by atoms with Crippen molar-refractivity contribution in [2.45, 2.75) is 39.7 Å². The molecule has 0 aliphatic heterocycles. The van der Waals surface area contributed by atoms with E-state index < -0.39 is 0 Å². The highest BCUT2D eigenvalue weighted by molar-refractivity contribution is 5.16. The van der Waals surface area contributed by atoms with Crippen molar-refractivity contribution in [3.63, 3.8) is 0 Å². The third kappa shape index (κ3) is 4.75. The highest BCUT2D eigenvalue weighted by Gasteiger charge is 2.08. The van der Waals surface area contributed by atoms with E-state index in [4.69, 9.17) is 0 Å². The van der Waals surface area contributed by atoms with E-state index in [1.807, 2.05) is 12.1 Å². The lowest BCUT2D eigenvalue weighted by Gasteiger charge is -2.17. The van der Waals surface area contributed by atoms with Crippen LogP contribution in [-0.4, -0.2) is 12.6 Å². The van der Waals surface area contributed by atoms with E-state index in [9.17, 15) is 4.39 Å². The van der Waals surface area contributed by atoms with Crippen LogP contribution in [0.3, 0.4) is 0 Å². The lowest BCUT2D eigenvalue weighted by atomic mass is 9.96. The van der Waals surface area contributed by atoms with Crippen LogP contribution < -0.4 is 5.32 Å². The SMILES string of the molecule is CCC(CNC(C)C)Cc1ccc(F)cc1. The Morgan fingerprint density at radius 3 is 2.31 bits per heavy atom. The van der Waals surface area contributed by atoms with Crippen LogP contribution in [0.5, 0.6) is 0 Å². The fourth-order valence-electron chi connectivity index (χ4n) is 1.72. The average Bonchev–Trinajstić information content (AvgIpc) is 2.26. The summed E-state index contributed by atoms with van der Waals surface area (Å²) < 4.78 is 12.7. The van der Waals surface area contributed by atoms with E-state index in [2.05, 4.69) is 26.1 Å². The van der Waals surface area contributed by atoms with Crippen LogP contribution in [-0.2, 0) is 6.42 Å². The lowest BCUT2D eigenvalue weighted by Crippen LogP contribution is -2.29. The zero-order valence-electron chi connectivity index (χ0n) is 10.5. The molecule has 0 aliphatic carbocycles. The van der Waals surface area contributed by atoms with Gasteiger partial charge in [0.15, 0.2) is 0 Å². The second-order valence-electron chi connectivity index (χ2n) is 4.67. The highest BCUT2D eigenvalue weighted by Crippen LogP contribution is 2.12. The van der Waals surface area contributed by atoms with Gasteiger partial charge < -0.3 is 5.32 Å². The van der Waals surface area contributed by atoms with Gasteiger partial charge in [0.2, 0.25) is 0 Å². The van der Waals surface area contributed by atoms with Crippen molar-refractivity contribution in [1.82, 2.24) is 5.32 Å². The molecule has 0 saturated carbocycles. The first-order valence-electron chi connectivity index (χ1n) is 6.09. The summed E-state index contributed by atoms with van der Waals surface area (Å²) in [6.45, 7) is 7.55. The number of hydrogen-bond acceptors (Lipinski definition) is 1. The molecule has 1 aromatic rings. The predicted molar refractivity (Wildman–Crippen MR) is 67.0 cm³/mol. The number of rotatable bonds is 6. The zero-order chi connectivity index (χ0) is 12.0. The molecule has 1 rings (SSSR count). The Morgan fingerprint density at radius 2 is 1.81 bits per heavy atom. The van der Waals surface area contributed by atoms with E-state index in [0.29, 0.717) is 12.0 Å². The number of benzene rings is 1. The van der Waals surface area contributed by atoms with Gasteiger partial charge in [-0.2, -0.15) is 0 Å². The molecule has 0 radical (unpaired) electrons. The molecule has 1 aromatic carbocycles. The van der Waals surface area contributed by atoms with E-state index >= 15 is 0 Å². The molecule has 0 aromatic heterocycles. The minimum absolute atomic E-state index is 0.155. The van der Waals surface area contributed by atoms with Gasteiger partial charge in [-0.3, -0.25) is 0 Å². The fourth-order valence-corrected chi connectivity index (χ4v) is 1.72. The molecular formula is C14H22FN. The summed E-state index contributed by atoms with van der Waals surface area (Å²) in [5.41, 5.74) is 1.22. The van der Waals surface area contributed by atoms with Crippen LogP contribution in [0, 0.1) is 11.7 Å². The van der Waals surface area contributed by atoms with Gasteiger partial charge in [-0.25, -0.2) is 4.39 Å². The minimum Gasteiger partial charge on any atom is -0.314 e. The molecule has 1 unspecified atom stereocenters. The van der Waals surface area contributed by atoms with Crippen molar-refractivity contribution in [1.29, 1.82) is 0 Å². The molecule has 0 heterocycles. The standard InChI is InChI=1S/C14H22FN/c1-4-12(10-16-11(2)3)9-13-5-7-14(15)8-6-13/h5-8,11-12,16H,4,9-10H2,1-3H3. The van der Waals surface area contributed by atoms with Gasteiger partial charge in [-0.1, -0.05) is 39.3 Å². The number of halogens is 1. The monoisotopic (exact) mass is 223 g/mol. The summed E-state index contributed by atoms with van der Waals surface area (Å²) in [4.78, 5) is 0. The Balaban J connectivity index is 2.46. The quantitative estimate of drug-likeness (QED) is 0.779. The van der Waals surface area contributed by atoms with Gasteiger partial charge >= 0.3 is 0 Å². The molecule has 0 bridgehead atoms. The zero-order valence-corrected chi connectivity index (χ0v) is 10.5. The van der Waals surface area contributed by atoms with Crippen molar-refractivity contribution >= 4 is 0 Å². The van der Waals surface area contributed by atoms with Crippen LogP contribution >= 0.6 is 0 Å². The lowest BCUT2D eigenvalue weighted by molar-refractivity contribution is 0.435. The van der Waals surface area contributed by atoms with Crippen molar-refractivity contribution in [2.24, 2.45) is 5.92 Å². The second kappa shape index (κ2) is 6.64. The van der Waals surface area contributed by atoms with Crippen molar-refractivity contribution < 1.29 is 4.39 Å². The maximum atomic E-state index is 12.7. The first-order chi connectivity index (χ1) is 7.61. The number of hydrogen-bond donors (Lipinski definition) is 1. The van der Waals surface area contributed by atoms with Crippen molar-refractivity contribution in [2.75, 3.05) is 6.54 Å². The molecule has 0 amide bonds. The third-order valence-electron chi connectivity index (χ3n) is 2.83. The molecule has 1 N–H and O–H groups in total. The van der Waals surface area contributed by atoms with Crippen LogP contribution in [0.4, 0.5) is 4.39 Å². The van der Waals surface area contributed by atoms with E-state index in [0.717, 1.165) is 19.4 Å². The van der Waals surface area contributed by atoms with E-state index in [1.54, 1.807) is 0 Å². The van der Waals surface area contributed by atoms with Crippen LogP contribution in [0.2, 0.25) is 0 Å². The molecule has 2 heteroatoms. The molecule has 0 saturated heterocycles. The smallest absolute Gasteiger partial charge is 0.123 e. The summed E-state index contributed by atoms with van der Waals surface area (Å²) in [6, 6.07) is 7.37. The fraction of sp³-hybridized carbons (Fsp3) is 0.571. The largest absolute Gasteiger partial charge is 0.314 e. The topological polar surface area (TPSA) is 12.0 Å². The average molecular weight is 223 g/mol. The maximum absolute atomic E-state index is 12.7. The van der Waals surface area contributed by atoms with Gasteiger partial charge in [0, 0.05) is 6.04 Å². The molecular weight excluding hydrogens is 201 g/mol. The molecule has 1 nitrogen and oxygen atoms in total. The summed E-state index contributed by atoms with van der Waals surface area (Å²) in [5.74, 6) is 0.477. The van der Waals surface area contributed by atoms with Crippen LogP contribution in [0.15, 0.2) is 24.3 Å². The second-order valence-corrected chi connectivity index (χ2v) is 4.67. The highest BCUT2D eigenvalue weighted by atomic mass is 19.1. The van der Waals surface area contributed by atoms with E-state index in [1.165, 1.54) is 17.7 Å². The van der Waals surface area contributed by atoms with Crippen LogP contribution in [0.25, 0.3) is 0 Å². The molecule has 0 fully saturated rings. The third-order valence-corrected chi connectivity index (χ3v) is 2.83. The van der Waals surface area contributed by atoms with Crippen molar-refractivity contribution in [3.05, 3.63) is 35.6 Å². The molecule has 0 aliphatic rings. The maximum Gasteiger partial charge on any atom is 0.123 e. The molecule has 90 valence electrons. The Kier molecular flexibility index (Phi) is 5.47. The summed E-state index contributed by atoms with van der Waals surface area (Å²) >= 11 is 0. The van der Waals surface area contributed by atoms with E-state index in [-0.39, 0.29) is 5.82 Å². The molecule has 16 heavy (non-hydrogen) atoms. The Bertz CT molecular complexity index is 292. The summed E-state index contributed by atoms with van der Waals surface area (Å²) in [7, 11) is 0. The van der Waals surface area contributed by atoms with Gasteiger partial charge in [-0.15, -0.1) is 0 Å². The van der Waals surface area contributed by atoms with Gasteiger partial charge in [0.05, 0.1) is 0 Å². The summed E-state index contributed by atoms with van der Waals surface area (Å²) in [5, 5.41) is 3.45. The van der Waals surface area contributed by atoms with Gasteiger partial charge in [-0.05, 0) is 36.6 Å². The first-order valence-corrected chi connectivity index (χ1v) is 6.09. The molecule has 1 atom stereocenters. The molecule has 0 spiro atoms. The predicted octanol–water partition coefficient (Wildman–Crippen LogP) is 3.39. The van der Waals surface area contributed by atoms with Gasteiger partial charge in [0.25, 0.3) is 0 Å². The Hall–Kier alpha value is -0.890. The Labute approximate surface area is 98.1 Å². The van der Waals surface area contributed by atoms with Crippen molar-refractivity contribution in [3.8, 4) is 0 Å². The van der Waals surface area contributed by atoms with Gasteiger partial charge in [0.1, 0.15) is 5.82 Å². The normalized spacial score (nSPS) is 13.1.